The molecule has 0 unspecified atom stereocenters. The van der Waals surface area contributed by atoms with Crippen molar-refractivity contribution >= 4 is 28.9 Å². The lowest BCUT2D eigenvalue weighted by Crippen LogP contribution is -2.38. The van der Waals surface area contributed by atoms with Crippen LogP contribution in [-0.4, -0.2) is 27.6 Å². The highest BCUT2D eigenvalue weighted by atomic mass is 19.1. The van der Waals surface area contributed by atoms with E-state index in [2.05, 4.69) is 21.8 Å². The van der Waals surface area contributed by atoms with Crippen molar-refractivity contribution < 1.29 is 14.0 Å². The monoisotopic (exact) mass is 427 g/mol. The summed E-state index contributed by atoms with van der Waals surface area (Å²) in [4.78, 5) is 26.0. The summed E-state index contributed by atoms with van der Waals surface area (Å²) in [6.07, 6.45) is 9.73. The summed E-state index contributed by atoms with van der Waals surface area (Å²) in [7, 11) is 0. The molecule has 3 aromatic rings. The Morgan fingerprint density at radius 2 is 1.59 bits per heavy atom. The van der Waals surface area contributed by atoms with Crippen molar-refractivity contribution in [1.82, 2.24) is 9.58 Å². The van der Waals surface area contributed by atoms with Crippen LogP contribution >= 0.6 is 0 Å². The number of fused-ring (bicyclic) bond motifs is 2. The van der Waals surface area contributed by atoms with Gasteiger partial charge in [0, 0.05) is 29.2 Å². The predicted octanol–water partition coefficient (Wildman–Crippen LogP) is 4.36. The molecule has 0 radical (unpaired) electrons. The van der Waals surface area contributed by atoms with Crippen molar-refractivity contribution in [1.29, 1.82) is 0 Å². The van der Waals surface area contributed by atoms with Gasteiger partial charge in [-0.15, -0.1) is 0 Å². The highest BCUT2D eigenvalue weighted by Crippen LogP contribution is 2.49. The second-order valence-corrected chi connectivity index (χ2v) is 8.93. The number of nitrogens with zero attached hydrogens (tertiary/aromatic N) is 3. The van der Waals surface area contributed by atoms with Gasteiger partial charge in [0.25, 0.3) is 11.8 Å². The van der Waals surface area contributed by atoms with Crippen LogP contribution in [0, 0.1) is 29.5 Å². The van der Waals surface area contributed by atoms with Crippen molar-refractivity contribution in [2.24, 2.45) is 28.8 Å². The summed E-state index contributed by atoms with van der Waals surface area (Å²) in [6.45, 7) is 0.579. The maximum atomic E-state index is 13.3. The number of para-hydroxylation sites is 1. The number of benzene rings is 2. The fourth-order valence-electron chi connectivity index (χ4n) is 5.59. The van der Waals surface area contributed by atoms with Gasteiger partial charge in [-0.1, -0.05) is 42.5 Å². The summed E-state index contributed by atoms with van der Waals surface area (Å²) in [5, 5.41) is 6.46. The molecule has 0 N–H and O–H groups in total. The smallest absolute Gasteiger partial charge is 0.254 e. The molecule has 7 rings (SSSR count). The number of carbonyl (C=O) groups is 2. The molecular formula is C26H22FN3O2. The molecule has 1 aromatic heterocycles. The molecule has 2 fully saturated rings. The Hall–Kier alpha value is -3.54. The Bertz CT molecular complexity index is 1260. The second kappa shape index (κ2) is 7.26. The molecule has 32 heavy (non-hydrogen) atoms. The highest BCUT2D eigenvalue weighted by Gasteiger charge is 2.56. The van der Waals surface area contributed by atoms with E-state index in [-0.39, 0.29) is 41.3 Å². The number of allylic oxidation sites excluding steroid dienone is 2. The molecule has 2 aromatic carbocycles. The number of hydrogen-bond donors (Lipinski definition) is 0. The Balaban J connectivity index is 1.32. The third kappa shape index (κ3) is 2.93. The van der Waals surface area contributed by atoms with E-state index in [9.17, 15) is 14.0 Å². The van der Waals surface area contributed by atoms with Gasteiger partial charge in [-0.2, -0.15) is 10.1 Å². The largest absolute Gasteiger partial charge is 0.342 e. The molecule has 3 aliphatic carbocycles. The number of hydrogen-bond acceptors (Lipinski definition) is 3. The minimum atomic E-state index is -0.261. The Kier molecular flexibility index (Phi) is 4.35. The third-order valence-corrected chi connectivity index (χ3v) is 7.13. The highest BCUT2D eigenvalue weighted by molar-refractivity contribution is 6.07. The van der Waals surface area contributed by atoms with Gasteiger partial charge in [0.1, 0.15) is 5.82 Å². The number of hydrazone groups is 1. The van der Waals surface area contributed by atoms with Gasteiger partial charge in [-0.05, 0) is 48.4 Å². The summed E-state index contributed by atoms with van der Waals surface area (Å²) < 4.78 is 15.3. The van der Waals surface area contributed by atoms with Crippen molar-refractivity contribution in [3.8, 4) is 0 Å². The second-order valence-electron chi connectivity index (χ2n) is 8.93. The molecule has 2 amide bonds. The maximum absolute atomic E-state index is 13.3. The van der Waals surface area contributed by atoms with Crippen molar-refractivity contribution in [3.63, 3.8) is 0 Å². The van der Waals surface area contributed by atoms with Crippen molar-refractivity contribution in [2.45, 2.75) is 19.4 Å². The van der Waals surface area contributed by atoms with Crippen LogP contribution in [0.4, 0.5) is 4.39 Å². The molecule has 5 nitrogen and oxygen atoms in total. The third-order valence-electron chi connectivity index (χ3n) is 7.13. The zero-order valence-electron chi connectivity index (χ0n) is 17.4. The quantitative estimate of drug-likeness (QED) is 0.353. The Morgan fingerprint density at radius 1 is 0.938 bits per heavy atom. The lowest BCUT2D eigenvalue weighted by molar-refractivity contribution is -0.140. The van der Waals surface area contributed by atoms with E-state index < -0.39 is 0 Å². The van der Waals surface area contributed by atoms with E-state index in [1.165, 1.54) is 12.1 Å². The van der Waals surface area contributed by atoms with Crippen LogP contribution in [0.1, 0.15) is 24.0 Å². The number of rotatable bonds is 4. The zero-order chi connectivity index (χ0) is 21.8. The van der Waals surface area contributed by atoms with Crippen LogP contribution in [0.15, 0.2) is 72.0 Å². The van der Waals surface area contributed by atoms with E-state index in [1.807, 2.05) is 30.5 Å². The lowest BCUT2D eigenvalue weighted by atomic mass is 9.63. The van der Waals surface area contributed by atoms with Gasteiger partial charge in [-0.25, -0.2) is 4.39 Å². The molecular weight excluding hydrogens is 405 g/mol. The molecule has 1 aliphatic heterocycles. The topological polar surface area (TPSA) is 54.7 Å². The van der Waals surface area contributed by atoms with Crippen LogP contribution in [0.2, 0.25) is 0 Å². The molecule has 0 spiro atoms. The predicted molar refractivity (Wildman–Crippen MR) is 119 cm³/mol. The van der Waals surface area contributed by atoms with E-state index >= 15 is 0 Å². The molecule has 160 valence electrons. The van der Waals surface area contributed by atoms with E-state index in [0.717, 1.165) is 39.9 Å². The van der Waals surface area contributed by atoms with Gasteiger partial charge in [0.05, 0.1) is 18.1 Å². The molecule has 1 saturated carbocycles. The summed E-state index contributed by atoms with van der Waals surface area (Å²) in [6, 6.07) is 14.4. The standard InChI is InChI=1S/C26H22FN3O2/c27-20-11-5-16(6-12-20)14-29-15-19(21-3-1-2-4-22(21)29)13-28-30-25(31)23-17-7-8-18(10-9-17)24(23)26(30)32/h1-8,11-13,15,17-18,23-24H,9-10,14H2/b28-13-/t17-,18-,23-,24-/m0/s1. The molecule has 2 bridgehead atoms. The van der Waals surface area contributed by atoms with Crippen LogP contribution in [0.3, 0.4) is 0 Å². The van der Waals surface area contributed by atoms with E-state index in [0.29, 0.717) is 6.54 Å². The van der Waals surface area contributed by atoms with Gasteiger partial charge >= 0.3 is 0 Å². The normalized spacial score (nSPS) is 26.6. The van der Waals surface area contributed by atoms with Crippen LogP contribution in [0.25, 0.3) is 10.9 Å². The fourth-order valence-corrected chi connectivity index (χ4v) is 5.59. The Morgan fingerprint density at radius 3 is 2.25 bits per heavy atom. The first-order chi connectivity index (χ1) is 15.6. The molecule has 2 heterocycles. The van der Waals surface area contributed by atoms with E-state index in [4.69, 9.17) is 0 Å². The number of aromatic nitrogens is 1. The Labute approximate surface area is 184 Å². The summed E-state index contributed by atoms with van der Waals surface area (Å²) in [5.74, 6) is -0.830. The van der Waals surface area contributed by atoms with Crippen LogP contribution in [0.5, 0.6) is 0 Å². The van der Waals surface area contributed by atoms with Crippen molar-refractivity contribution in [3.05, 3.63) is 83.8 Å². The SMILES string of the molecule is O=C1[C@@H]2[C@@H](C(=O)N1/N=C\c1cn(Cc3ccc(F)cc3)c3ccccc13)[C@H]1C=C[C@H]2CC1. The fraction of sp³-hybridized carbons (Fsp3) is 0.269. The number of carbonyl (C=O) groups excluding carboxylic acids is 2. The van der Waals surface area contributed by atoms with Gasteiger partial charge in [0.2, 0.25) is 0 Å². The molecule has 4 atom stereocenters. The first-order valence-electron chi connectivity index (χ1n) is 11.0. The zero-order valence-corrected chi connectivity index (χ0v) is 17.4. The molecule has 4 aliphatic rings. The average Bonchev–Trinajstić information content (AvgIpc) is 3.31. The molecule has 6 heteroatoms. The first-order valence-corrected chi connectivity index (χ1v) is 11.0. The minimum Gasteiger partial charge on any atom is -0.342 e. The van der Waals surface area contributed by atoms with Gasteiger partial charge < -0.3 is 4.57 Å². The summed E-state index contributed by atoms with van der Waals surface area (Å²) >= 11 is 0. The van der Waals surface area contributed by atoms with Crippen LogP contribution < -0.4 is 0 Å². The maximum Gasteiger partial charge on any atom is 0.254 e. The number of halogens is 1. The summed E-state index contributed by atoms with van der Waals surface area (Å²) in [5.41, 5.74) is 2.82. The number of amides is 2. The van der Waals surface area contributed by atoms with Crippen LogP contribution in [-0.2, 0) is 16.1 Å². The minimum absolute atomic E-state index is 0.152. The lowest BCUT2D eigenvalue weighted by Gasteiger charge is -2.37. The van der Waals surface area contributed by atoms with E-state index in [1.54, 1.807) is 18.3 Å². The first kappa shape index (κ1) is 19.2. The van der Waals surface area contributed by atoms with Gasteiger partial charge in [0.15, 0.2) is 0 Å². The number of imide groups is 1. The molecule has 1 saturated heterocycles. The van der Waals surface area contributed by atoms with Crippen molar-refractivity contribution in [2.75, 3.05) is 0 Å². The average molecular weight is 427 g/mol. The van der Waals surface area contributed by atoms with Gasteiger partial charge in [-0.3, -0.25) is 9.59 Å².